The largest absolute Gasteiger partial charge is 0.323 e. The standard InChI is InChI=1S/C17H26N6O/c1-5-12(4)23-16(9-11(3)21-23)18-17(24)22-8-7-15-13(10-22)14(6-2)19-20-15/h9,12H,5-8,10H2,1-4H3,(H,18,24)(H,19,20)/t12-/m1/s1. The Labute approximate surface area is 142 Å². The Hall–Kier alpha value is -2.31. The molecular weight excluding hydrogens is 304 g/mol. The number of rotatable bonds is 4. The molecular formula is C17H26N6O. The zero-order valence-corrected chi connectivity index (χ0v) is 14.9. The Morgan fingerprint density at radius 3 is 2.96 bits per heavy atom. The lowest BCUT2D eigenvalue weighted by molar-refractivity contribution is 0.205. The second-order valence-corrected chi connectivity index (χ2v) is 6.46. The molecule has 2 amide bonds. The van der Waals surface area contributed by atoms with Crippen molar-refractivity contribution < 1.29 is 4.79 Å². The monoisotopic (exact) mass is 330 g/mol. The number of aromatic amines is 1. The van der Waals surface area contributed by atoms with Crippen molar-refractivity contribution in [1.82, 2.24) is 24.9 Å². The van der Waals surface area contributed by atoms with Gasteiger partial charge in [0.25, 0.3) is 0 Å². The highest BCUT2D eigenvalue weighted by atomic mass is 16.2. The van der Waals surface area contributed by atoms with Crippen molar-refractivity contribution in [3.63, 3.8) is 0 Å². The zero-order valence-electron chi connectivity index (χ0n) is 14.9. The van der Waals surface area contributed by atoms with Gasteiger partial charge in [0.2, 0.25) is 0 Å². The minimum Gasteiger partial charge on any atom is -0.320 e. The summed E-state index contributed by atoms with van der Waals surface area (Å²) >= 11 is 0. The second-order valence-electron chi connectivity index (χ2n) is 6.46. The molecule has 7 heteroatoms. The van der Waals surface area contributed by atoms with Gasteiger partial charge in [-0.2, -0.15) is 10.2 Å². The van der Waals surface area contributed by atoms with Gasteiger partial charge >= 0.3 is 6.03 Å². The Morgan fingerprint density at radius 1 is 1.46 bits per heavy atom. The molecule has 0 saturated carbocycles. The van der Waals surface area contributed by atoms with E-state index in [-0.39, 0.29) is 12.1 Å². The smallest absolute Gasteiger partial charge is 0.320 e. The predicted molar refractivity (Wildman–Crippen MR) is 93.1 cm³/mol. The molecule has 0 bridgehead atoms. The number of nitrogens with one attached hydrogen (secondary N) is 2. The van der Waals surface area contributed by atoms with Crippen LogP contribution >= 0.6 is 0 Å². The van der Waals surface area contributed by atoms with Crippen LogP contribution in [0, 0.1) is 6.92 Å². The average Bonchev–Trinajstić information content (AvgIpc) is 3.16. The fraction of sp³-hybridized carbons (Fsp3) is 0.588. The minimum absolute atomic E-state index is 0.0756. The molecule has 0 aliphatic carbocycles. The first-order chi connectivity index (χ1) is 11.5. The van der Waals surface area contributed by atoms with E-state index in [1.807, 2.05) is 22.6 Å². The van der Waals surface area contributed by atoms with Crippen molar-refractivity contribution in [1.29, 1.82) is 0 Å². The van der Waals surface area contributed by atoms with Crippen LogP contribution in [0.15, 0.2) is 6.07 Å². The van der Waals surface area contributed by atoms with E-state index in [4.69, 9.17) is 0 Å². The first-order valence-corrected chi connectivity index (χ1v) is 8.70. The van der Waals surface area contributed by atoms with Crippen LogP contribution in [0.4, 0.5) is 10.6 Å². The number of urea groups is 1. The number of H-pyrrole nitrogens is 1. The predicted octanol–water partition coefficient (Wildman–Crippen LogP) is 3.04. The second kappa shape index (κ2) is 6.67. The third-order valence-electron chi connectivity index (χ3n) is 4.74. The van der Waals surface area contributed by atoms with Gasteiger partial charge in [-0.15, -0.1) is 0 Å². The fourth-order valence-corrected chi connectivity index (χ4v) is 3.13. The van der Waals surface area contributed by atoms with Crippen molar-refractivity contribution >= 4 is 11.8 Å². The Bertz CT molecular complexity index is 718. The minimum atomic E-state index is -0.0756. The lowest BCUT2D eigenvalue weighted by atomic mass is 10.0. The average molecular weight is 330 g/mol. The molecule has 0 spiro atoms. The molecule has 0 fully saturated rings. The van der Waals surface area contributed by atoms with Crippen LogP contribution in [0.25, 0.3) is 0 Å². The molecule has 2 aromatic rings. The normalized spacial score (nSPS) is 15.2. The Balaban J connectivity index is 1.75. The molecule has 2 N–H and O–H groups in total. The molecule has 1 atom stereocenters. The van der Waals surface area contributed by atoms with E-state index in [9.17, 15) is 4.79 Å². The van der Waals surface area contributed by atoms with Gasteiger partial charge in [-0.3, -0.25) is 10.4 Å². The zero-order chi connectivity index (χ0) is 17.3. The van der Waals surface area contributed by atoms with Gasteiger partial charge in [-0.25, -0.2) is 9.48 Å². The number of aromatic nitrogens is 4. The summed E-state index contributed by atoms with van der Waals surface area (Å²) in [5.74, 6) is 0.764. The van der Waals surface area contributed by atoms with E-state index in [2.05, 4.69) is 41.4 Å². The highest BCUT2D eigenvalue weighted by Gasteiger charge is 2.25. The maximum Gasteiger partial charge on any atom is 0.323 e. The summed E-state index contributed by atoms with van der Waals surface area (Å²) in [6.45, 7) is 9.56. The quantitative estimate of drug-likeness (QED) is 0.904. The Morgan fingerprint density at radius 2 is 2.25 bits per heavy atom. The summed E-state index contributed by atoms with van der Waals surface area (Å²) in [5, 5.41) is 15.0. The SMILES string of the molecule is CCc1n[nH]c2c1CN(C(=O)Nc1cc(C)nn1[C@H](C)CC)CC2. The molecule has 1 aliphatic heterocycles. The van der Waals surface area contributed by atoms with Crippen LogP contribution in [0.1, 0.15) is 55.9 Å². The molecule has 3 rings (SSSR count). The molecule has 0 unspecified atom stereocenters. The van der Waals surface area contributed by atoms with E-state index in [0.717, 1.165) is 42.2 Å². The molecule has 0 saturated heterocycles. The van der Waals surface area contributed by atoms with Crippen LogP contribution in [0.2, 0.25) is 0 Å². The highest BCUT2D eigenvalue weighted by molar-refractivity contribution is 5.88. The molecule has 0 aromatic carbocycles. The number of carbonyl (C=O) groups excluding carboxylic acids is 1. The maximum atomic E-state index is 12.7. The van der Waals surface area contributed by atoms with E-state index >= 15 is 0 Å². The van der Waals surface area contributed by atoms with Crippen LogP contribution in [-0.2, 0) is 19.4 Å². The summed E-state index contributed by atoms with van der Waals surface area (Å²) in [7, 11) is 0. The maximum absolute atomic E-state index is 12.7. The van der Waals surface area contributed by atoms with Crippen LogP contribution in [0.5, 0.6) is 0 Å². The van der Waals surface area contributed by atoms with Crippen molar-refractivity contribution in [3.8, 4) is 0 Å². The fourth-order valence-electron chi connectivity index (χ4n) is 3.13. The van der Waals surface area contributed by atoms with Crippen molar-refractivity contribution in [2.24, 2.45) is 0 Å². The van der Waals surface area contributed by atoms with E-state index in [0.29, 0.717) is 13.1 Å². The van der Waals surface area contributed by atoms with Gasteiger partial charge < -0.3 is 4.90 Å². The lowest BCUT2D eigenvalue weighted by Gasteiger charge is -2.27. The number of aryl methyl sites for hydroxylation is 2. The van der Waals surface area contributed by atoms with Crippen molar-refractivity contribution in [2.45, 2.75) is 59.5 Å². The summed E-state index contributed by atoms with van der Waals surface area (Å²) in [5.41, 5.74) is 4.31. The summed E-state index contributed by atoms with van der Waals surface area (Å²) in [6.07, 6.45) is 2.66. The number of fused-ring (bicyclic) bond motifs is 1. The summed E-state index contributed by atoms with van der Waals surface area (Å²) < 4.78 is 1.90. The van der Waals surface area contributed by atoms with Gasteiger partial charge in [0.15, 0.2) is 0 Å². The van der Waals surface area contributed by atoms with Gasteiger partial charge in [-0.1, -0.05) is 13.8 Å². The third kappa shape index (κ3) is 3.02. The van der Waals surface area contributed by atoms with E-state index in [1.165, 1.54) is 5.56 Å². The topological polar surface area (TPSA) is 78.8 Å². The number of amides is 2. The number of nitrogens with zero attached hydrogens (tertiary/aromatic N) is 4. The molecule has 0 radical (unpaired) electrons. The van der Waals surface area contributed by atoms with Gasteiger partial charge in [0.05, 0.1) is 24.0 Å². The molecule has 7 nitrogen and oxygen atoms in total. The number of anilines is 1. The van der Waals surface area contributed by atoms with Gasteiger partial charge in [0, 0.05) is 30.3 Å². The highest BCUT2D eigenvalue weighted by Crippen LogP contribution is 2.23. The van der Waals surface area contributed by atoms with Crippen LogP contribution in [0.3, 0.4) is 0 Å². The first-order valence-electron chi connectivity index (χ1n) is 8.70. The van der Waals surface area contributed by atoms with Crippen molar-refractivity contribution in [2.75, 3.05) is 11.9 Å². The molecule has 3 heterocycles. The molecule has 1 aliphatic rings. The van der Waals surface area contributed by atoms with Gasteiger partial charge in [-0.05, 0) is 26.7 Å². The molecule has 130 valence electrons. The molecule has 2 aromatic heterocycles. The van der Waals surface area contributed by atoms with Crippen LogP contribution < -0.4 is 5.32 Å². The number of hydrogen-bond acceptors (Lipinski definition) is 3. The Kier molecular flexibility index (Phi) is 4.59. The summed E-state index contributed by atoms with van der Waals surface area (Å²) in [4.78, 5) is 14.6. The number of hydrogen-bond donors (Lipinski definition) is 2. The van der Waals surface area contributed by atoms with E-state index in [1.54, 1.807) is 0 Å². The molecule has 24 heavy (non-hydrogen) atoms. The summed E-state index contributed by atoms with van der Waals surface area (Å²) in [6, 6.07) is 2.10. The number of carbonyl (C=O) groups is 1. The van der Waals surface area contributed by atoms with Crippen molar-refractivity contribution in [3.05, 3.63) is 28.7 Å². The van der Waals surface area contributed by atoms with E-state index < -0.39 is 0 Å². The first kappa shape index (κ1) is 16.5. The van der Waals surface area contributed by atoms with Gasteiger partial charge in [0.1, 0.15) is 5.82 Å². The third-order valence-corrected chi connectivity index (χ3v) is 4.74. The van der Waals surface area contributed by atoms with Crippen LogP contribution in [-0.4, -0.2) is 37.5 Å². The lowest BCUT2D eigenvalue weighted by Crippen LogP contribution is -2.39.